The van der Waals surface area contributed by atoms with Crippen molar-refractivity contribution in [1.82, 2.24) is 4.98 Å². The lowest BCUT2D eigenvalue weighted by Crippen LogP contribution is -2.26. The molecule has 3 nitrogen and oxygen atoms in total. The number of rotatable bonds is 5. The molecule has 4 heteroatoms. The van der Waals surface area contributed by atoms with Crippen LogP contribution in [-0.4, -0.2) is 22.7 Å². The zero-order valence-electron chi connectivity index (χ0n) is 10.5. The molecule has 1 atom stereocenters. The fourth-order valence-corrected chi connectivity index (χ4v) is 2.64. The van der Waals surface area contributed by atoms with E-state index in [2.05, 4.69) is 36.2 Å². The summed E-state index contributed by atoms with van der Waals surface area (Å²) in [5.41, 5.74) is 9.16. The summed E-state index contributed by atoms with van der Waals surface area (Å²) in [4.78, 5) is 4.55. The number of hydrogen-bond donors (Lipinski definition) is 2. The summed E-state index contributed by atoms with van der Waals surface area (Å²) in [6, 6.07) is 8.25. The Kier molecular flexibility index (Phi) is 4.47. The number of aliphatic hydroxyl groups excluding tert-OH is 1. The second kappa shape index (κ2) is 6.09. The molecule has 0 saturated heterocycles. The van der Waals surface area contributed by atoms with Crippen molar-refractivity contribution in [3.63, 3.8) is 0 Å². The first-order chi connectivity index (χ1) is 8.72. The Morgan fingerprint density at radius 3 is 2.67 bits per heavy atom. The molecular formula is C14H18N2OS. The lowest BCUT2D eigenvalue weighted by Gasteiger charge is -2.03. The summed E-state index contributed by atoms with van der Waals surface area (Å²) in [5, 5.41) is 11.9. The lowest BCUT2D eigenvalue weighted by molar-refractivity contribution is 0.265. The van der Waals surface area contributed by atoms with Gasteiger partial charge in [-0.25, -0.2) is 4.98 Å². The summed E-state index contributed by atoms with van der Waals surface area (Å²) in [6.07, 6.45) is 1.68. The second-order valence-corrected chi connectivity index (χ2v) is 5.27. The maximum absolute atomic E-state index is 8.93. The maximum Gasteiger partial charge on any atom is 0.0948 e. The van der Waals surface area contributed by atoms with E-state index in [9.17, 15) is 0 Å². The number of aryl methyl sites for hydroxylation is 1. The number of aromatic nitrogens is 1. The summed E-state index contributed by atoms with van der Waals surface area (Å²) < 4.78 is 0. The molecule has 0 aliphatic carbocycles. The van der Waals surface area contributed by atoms with E-state index < -0.39 is 0 Å². The van der Waals surface area contributed by atoms with E-state index >= 15 is 0 Å². The van der Waals surface area contributed by atoms with Crippen molar-refractivity contribution in [3.05, 3.63) is 40.2 Å². The topological polar surface area (TPSA) is 59.1 Å². The molecule has 3 N–H and O–H groups in total. The summed E-state index contributed by atoms with van der Waals surface area (Å²) in [6.45, 7) is 2.15. The number of nitrogens with zero attached hydrogens (tertiary/aromatic N) is 1. The largest absolute Gasteiger partial charge is 0.395 e. The Hall–Kier alpha value is -1.23. The van der Waals surface area contributed by atoms with Gasteiger partial charge in [0.2, 0.25) is 0 Å². The predicted octanol–water partition coefficient (Wildman–Crippen LogP) is 2.23. The molecule has 0 amide bonds. The van der Waals surface area contributed by atoms with E-state index in [1.807, 2.05) is 5.38 Å². The molecule has 2 rings (SSSR count). The predicted molar refractivity (Wildman–Crippen MR) is 75.7 cm³/mol. The average Bonchev–Trinajstić information content (AvgIpc) is 2.87. The molecule has 1 aromatic heterocycles. The van der Waals surface area contributed by atoms with Gasteiger partial charge in [-0.2, -0.15) is 0 Å². The molecule has 1 heterocycles. The highest BCUT2D eigenvalue weighted by atomic mass is 32.1. The van der Waals surface area contributed by atoms with Crippen molar-refractivity contribution in [1.29, 1.82) is 0 Å². The Labute approximate surface area is 111 Å². The molecule has 2 aromatic rings. The highest BCUT2D eigenvalue weighted by Gasteiger charge is 2.08. The van der Waals surface area contributed by atoms with Crippen LogP contribution in [0.3, 0.4) is 0 Å². The Morgan fingerprint density at radius 1 is 1.33 bits per heavy atom. The van der Waals surface area contributed by atoms with Gasteiger partial charge in [-0.3, -0.25) is 0 Å². The monoisotopic (exact) mass is 262 g/mol. The summed E-state index contributed by atoms with van der Waals surface area (Å²) in [7, 11) is 0. The molecule has 1 aromatic carbocycles. The highest BCUT2D eigenvalue weighted by molar-refractivity contribution is 7.09. The third-order valence-electron chi connectivity index (χ3n) is 2.88. The van der Waals surface area contributed by atoms with Gasteiger partial charge in [-0.1, -0.05) is 31.2 Å². The van der Waals surface area contributed by atoms with Crippen LogP contribution in [0.15, 0.2) is 29.6 Å². The van der Waals surface area contributed by atoms with Gasteiger partial charge in [-0.05, 0) is 12.0 Å². The number of benzene rings is 1. The molecule has 0 aliphatic heterocycles. The molecule has 1 unspecified atom stereocenters. The van der Waals surface area contributed by atoms with Crippen LogP contribution in [0.1, 0.15) is 17.5 Å². The van der Waals surface area contributed by atoms with Crippen LogP contribution in [0.4, 0.5) is 0 Å². The SMILES string of the molecule is CCc1ccc(-c2csc(CC(N)CO)n2)cc1. The van der Waals surface area contributed by atoms with Crippen LogP contribution in [0.25, 0.3) is 11.3 Å². The van der Waals surface area contributed by atoms with E-state index in [0.29, 0.717) is 6.42 Å². The van der Waals surface area contributed by atoms with Crippen LogP contribution in [-0.2, 0) is 12.8 Å². The van der Waals surface area contributed by atoms with Crippen LogP contribution in [0, 0.1) is 0 Å². The summed E-state index contributed by atoms with van der Waals surface area (Å²) >= 11 is 1.60. The van der Waals surface area contributed by atoms with Crippen LogP contribution in [0.5, 0.6) is 0 Å². The second-order valence-electron chi connectivity index (χ2n) is 4.32. The lowest BCUT2D eigenvalue weighted by atomic mass is 10.1. The molecule has 18 heavy (non-hydrogen) atoms. The minimum atomic E-state index is -0.216. The molecule has 0 radical (unpaired) electrons. The molecule has 96 valence electrons. The molecule has 0 fully saturated rings. The van der Waals surface area contributed by atoms with Gasteiger partial charge in [0.15, 0.2) is 0 Å². The zero-order chi connectivity index (χ0) is 13.0. The maximum atomic E-state index is 8.93. The minimum absolute atomic E-state index is 0.000109. The average molecular weight is 262 g/mol. The molecule has 0 saturated carbocycles. The van der Waals surface area contributed by atoms with E-state index in [1.165, 1.54) is 5.56 Å². The first-order valence-electron chi connectivity index (χ1n) is 6.13. The van der Waals surface area contributed by atoms with Gasteiger partial charge in [0.05, 0.1) is 17.3 Å². The van der Waals surface area contributed by atoms with Crippen LogP contribution in [0.2, 0.25) is 0 Å². The third-order valence-corrected chi connectivity index (χ3v) is 3.75. The molecular weight excluding hydrogens is 244 g/mol. The standard InChI is InChI=1S/C14H18N2OS/c1-2-10-3-5-11(6-4-10)13-9-18-14(16-13)7-12(15)8-17/h3-6,9,12,17H,2,7-8,15H2,1H3. The van der Waals surface area contributed by atoms with E-state index in [0.717, 1.165) is 22.7 Å². The Balaban J connectivity index is 2.13. The smallest absolute Gasteiger partial charge is 0.0948 e. The fourth-order valence-electron chi connectivity index (χ4n) is 1.74. The fraction of sp³-hybridized carbons (Fsp3) is 0.357. The number of aliphatic hydroxyl groups is 1. The zero-order valence-corrected chi connectivity index (χ0v) is 11.3. The van der Waals surface area contributed by atoms with Crippen molar-refractivity contribution in [3.8, 4) is 11.3 Å². The number of hydrogen-bond acceptors (Lipinski definition) is 4. The number of nitrogens with two attached hydrogens (primary N) is 1. The Morgan fingerprint density at radius 2 is 2.06 bits per heavy atom. The molecule has 0 aliphatic rings. The van der Waals surface area contributed by atoms with Gasteiger partial charge in [0.25, 0.3) is 0 Å². The van der Waals surface area contributed by atoms with Crippen molar-refractivity contribution in [2.45, 2.75) is 25.8 Å². The van der Waals surface area contributed by atoms with Gasteiger partial charge >= 0.3 is 0 Å². The third kappa shape index (κ3) is 3.16. The minimum Gasteiger partial charge on any atom is -0.395 e. The van der Waals surface area contributed by atoms with Gasteiger partial charge < -0.3 is 10.8 Å². The van der Waals surface area contributed by atoms with Gasteiger partial charge in [-0.15, -0.1) is 11.3 Å². The van der Waals surface area contributed by atoms with E-state index in [1.54, 1.807) is 11.3 Å². The summed E-state index contributed by atoms with van der Waals surface area (Å²) in [5.74, 6) is 0. The molecule has 0 spiro atoms. The highest BCUT2D eigenvalue weighted by Crippen LogP contribution is 2.23. The van der Waals surface area contributed by atoms with E-state index in [4.69, 9.17) is 10.8 Å². The van der Waals surface area contributed by atoms with Crippen molar-refractivity contribution < 1.29 is 5.11 Å². The van der Waals surface area contributed by atoms with Crippen LogP contribution >= 0.6 is 11.3 Å². The van der Waals surface area contributed by atoms with Crippen LogP contribution < -0.4 is 5.73 Å². The van der Waals surface area contributed by atoms with Gasteiger partial charge in [0.1, 0.15) is 0 Å². The van der Waals surface area contributed by atoms with Crippen molar-refractivity contribution in [2.75, 3.05) is 6.61 Å². The quantitative estimate of drug-likeness (QED) is 0.868. The van der Waals surface area contributed by atoms with E-state index in [-0.39, 0.29) is 12.6 Å². The normalized spacial score (nSPS) is 12.6. The van der Waals surface area contributed by atoms with Crippen molar-refractivity contribution >= 4 is 11.3 Å². The van der Waals surface area contributed by atoms with Crippen molar-refractivity contribution in [2.24, 2.45) is 5.73 Å². The number of thiazole rings is 1. The van der Waals surface area contributed by atoms with Gasteiger partial charge in [0, 0.05) is 23.4 Å². The first kappa shape index (κ1) is 13.2. The Bertz CT molecular complexity index is 493. The molecule has 0 bridgehead atoms. The first-order valence-corrected chi connectivity index (χ1v) is 7.01.